The van der Waals surface area contributed by atoms with E-state index in [1.54, 1.807) is 18.2 Å². The predicted octanol–water partition coefficient (Wildman–Crippen LogP) is 5.39. The van der Waals surface area contributed by atoms with E-state index in [2.05, 4.69) is 6.92 Å². The topological polar surface area (TPSA) is 100 Å². The fourth-order valence-electron chi connectivity index (χ4n) is 3.13. The summed E-state index contributed by atoms with van der Waals surface area (Å²) in [5.41, 5.74) is 1.34. The van der Waals surface area contributed by atoms with Gasteiger partial charge in [0.15, 0.2) is 17.3 Å². The van der Waals surface area contributed by atoms with Gasteiger partial charge >= 0.3 is 0 Å². The summed E-state index contributed by atoms with van der Waals surface area (Å²) in [5.74, 6) is 0.663. The third-order valence-corrected chi connectivity index (χ3v) is 6.31. The Bertz CT molecular complexity index is 1050. The van der Waals surface area contributed by atoms with E-state index >= 15 is 0 Å². The van der Waals surface area contributed by atoms with Crippen LogP contribution in [0.4, 0.5) is 0 Å². The number of phenols is 2. The first-order chi connectivity index (χ1) is 14.4. The number of fused-ring (bicyclic) bond motifs is 1. The second kappa shape index (κ2) is 10.2. The third-order valence-electron chi connectivity index (χ3n) is 4.67. The Morgan fingerprint density at radius 2 is 1.80 bits per heavy atom. The first-order valence-electron chi connectivity index (χ1n) is 9.62. The Labute approximate surface area is 201 Å². The highest BCUT2D eigenvalue weighted by Gasteiger charge is 2.24. The van der Waals surface area contributed by atoms with Crippen molar-refractivity contribution in [1.82, 2.24) is 0 Å². The number of aryl methyl sites for hydroxylation is 1. The zero-order valence-electron chi connectivity index (χ0n) is 16.4. The van der Waals surface area contributed by atoms with Crippen LogP contribution in [0.15, 0.2) is 28.7 Å². The lowest BCUT2D eigenvalue weighted by atomic mass is 9.98. The van der Waals surface area contributed by atoms with E-state index in [1.807, 2.05) is 45.2 Å². The van der Waals surface area contributed by atoms with Crippen LogP contribution in [0.1, 0.15) is 47.9 Å². The number of carbonyl (C=O) groups is 1. The van der Waals surface area contributed by atoms with E-state index in [1.165, 1.54) is 6.07 Å². The highest BCUT2D eigenvalue weighted by Crippen LogP contribution is 2.38. The van der Waals surface area contributed by atoms with Crippen molar-refractivity contribution >= 4 is 61.9 Å². The number of furan rings is 1. The highest BCUT2D eigenvalue weighted by molar-refractivity contribution is 14.1. The summed E-state index contributed by atoms with van der Waals surface area (Å²) in [6, 6.07) is 6.37. The van der Waals surface area contributed by atoms with E-state index in [9.17, 15) is 15.0 Å². The van der Waals surface area contributed by atoms with Gasteiger partial charge in [-0.05, 0) is 69.8 Å². The lowest BCUT2D eigenvalue weighted by molar-refractivity contribution is 0.103. The van der Waals surface area contributed by atoms with Gasteiger partial charge in [0, 0.05) is 36.5 Å². The van der Waals surface area contributed by atoms with Crippen LogP contribution in [0.25, 0.3) is 11.0 Å². The van der Waals surface area contributed by atoms with Gasteiger partial charge in [-0.25, -0.2) is 0 Å². The highest BCUT2D eigenvalue weighted by atomic mass is 127. The molecule has 0 bridgehead atoms. The molecule has 0 spiro atoms. The maximum atomic E-state index is 13.4. The maximum absolute atomic E-state index is 13.4. The number of aliphatic hydroxyl groups excluding tert-OH is 1. The van der Waals surface area contributed by atoms with Gasteiger partial charge in [0.05, 0.1) is 19.3 Å². The molecule has 3 N–H and O–H groups in total. The van der Waals surface area contributed by atoms with Gasteiger partial charge in [-0.1, -0.05) is 13.3 Å². The second-order valence-electron chi connectivity index (χ2n) is 6.86. The van der Waals surface area contributed by atoms with Crippen LogP contribution in [0.5, 0.6) is 17.2 Å². The summed E-state index contributed by atoms with van der Waals surface area (Å²) >= 11 is 3.99. The zero-order chi connectivity index (χ0) is 21.8. The van der Waals surface area contributed by atoms with E-state index in [0.29, 0.717) is 47.8 Å². The van der Waals surface area contributed by atoms with E-state index in [0.717, 1.165) is 12.8 Å². The molecule has 6 nitrogen and oxygen atoms in total. The number of ether oxygens (including phenoxy) is 1. The van der Waals surface area contributed by atoms with Gasteiger partial charge in [0.2, 0.25) is 0 Å². The number of carbonyl (C=O) groups excluding carboxylic acids is 1. The van der Waals surface area contributed by atoms with Crippen LogP contribution in [-0.4, -0.2) is 34.3 Å². The summed E-state index contributed by atoms with van der Waals surface area (Å²) in [4.78, 5) is 13.4. The first kappa shape index (κ1) is 23.1. The van der Waals surface area contributed by atoms with Crippen molar-refractivity contribution in [2.24, 2.45) is 0 Å². The molecule has 30 heavy (non-hydrogen) atoms. The Morgan fingerprint density at radius 1 is 1.10 bits per heavy atom. The van der Waals surface area contributed by atoms with Gasteiger partial charge < -0.3 is 24.5 Å². The Kier molecular flexibility index (Phi) is 7.86. The minimum atomic E-state index is -0.218. The number of aliphatic hydroxyl groups is 1. The van der Waals surface area contributed by atoms with Crippen LogP contribution < -0.4 is 4.74 Å². The molecular formula is C22H22I2O6. The van der Waals surface area contributed by atoms with Crippen LogP contribution in [0.2, 0.25) is 0 Å². The Balaban J connectivity index is 2.11. The quantitative estimate of drug-likeness (QED) is 0.166. The van der Waals surface area contributed by atoms with Gasteiger partial charge in [-0.3, -0.25) is 4.79 Å². The van der Waals surface area contributed by atoms with Crippen molar-refractivity contribution in [1.29, 1.82) is 0 Å². The number of unbranched alkanes of at least 4 members (excludes halogenated alkanes) is 1. The second-order valence-corrected chi connectivity index (χ2v) is 9.19. The summed E-state index contributed by atoms with van der Waals surface area (Å²) in [7, 11) is 0. The lowest BCUT2D eigenvalue weighted by Crippen LogP contribution is -2.05. The monoisotopic (exact) mass is 636 g/mol. The normalized spacial score (nSPS) is 11.2. The number of phenolic OH excluding ortho intramolecular Hbond substituents is 2. The van der Waals surface area contributed by atoms with Gasteiger partial charge in [-0.2, -0.15) is 0 Å². The zero-order valence-corrected chi connectivity index (χ0v) is 20.7. The number of benzene rings is 2. The number of ketones is 1. The number of aromatic hydroxyl groups is 2. The Morgan fingerprint density at radius 3 is 2.43 bits per heavy atom. The molecule has 0 unspecified atom stereocenters. The molecule has 0 atom stereocenters. The molecule has 0 radical (unpaired) electrons. The fourth-order valence-corrected chi connectivity index (χ4v) is 4.90. The minimum Gasteiger partial charge on any atom is -0.506 e. The first-order valence-corrected chi connectivity index (χ1v) is 11.8. The number of rotatable bonds is 9. The number of halogens is 2. The van der Waals surface area contributed by atoms with Crippen molar-refractivity contribution in [3.8, 4) is 17.2 Å². The van der Waals surface area contributed by atoms with E-state index in [-0.39, 0.29) is 36.2 Å². The summed E-state index contributed by atoms with van der Waals surface area (Å²) < 4.78 is 12.7. The molecule has 0 aliphatic carbocycles. The molecule has 0 fully saturated rings. The SMILES string of the molecule is CCCCc1oc2cc(OCCCO)c(O)cc2c1C(=O)c1cc(I)c(O)c(I)c1. The van der Waals surface area contributed by atoms with Crippen LogP contribution in [0, 0.1) is 7.14 Å². The van der Waals surface area contributed by atoms with Gasteiger partial charge in [0.25, 0.3) is 0 Å². The summed E-state index contributed by atoms with van der Waals surface area (Å²) in [6.45, 7) is 2.32. The Hall–Kier alpha value is -1.53. The predicted molar refractivity (Wildman–Crippen MR) is 131 cm³/mol. The molecule has 8 heteroatoms. The van der Waals surface area contributed by atoms with E-state index < -0.39 is 0 Å². The molecule has 160 valence electrons. The standard InChI is InChI=1S/C22H22I2O6/c1-2-3-5-17-20(21(27)12-8-14(23)22(28)15(24)9-12)13-10-16(26)19(11-18(13)30-17)29-7-4-6-25/h8-11,25-26,28H,2-7H2,1H3. The molecule has 0 amide bonds. The number of hydrogen-bond donors (Lipinski definition) is 3. The molecule has 0 aliphatic heterocycles. The maximum Gasteiger partial charge on any atom is 0.197 e. The average Bonchev–Trinajstić information content (AvgIpc) is 3.06. The van der Waals surface area contributed by atoms with Crippen molar-refractivity contribution in [2.75, 3.05) is 13.2 Å². The fraction of sp³-hybridized carbons (Fsp3) is 0.318. The summed E-state index contributed by atoms with van der Waals surface area (Å²) in [6.07, 6.45) is 2.84. The van der Waals surface area contributed by atoms with Crippen molar-refractivity contribution in [3.05, 3.63) is 48.3 Å². The van der Waals surface area contributed by atoms with Crippen LogP contribution >= 0.6 is 45.2 Å². The molecule has 3 rings (SSSR count). The molecule has 2 aromatic carbocycles. The third kappa shape index (κ3) is 4.86. The number of hydrogen-bond acceptors (Lipinski definition) is 6. The van der Waals surface area contributed by atoms with Crippen molar-refractivity contribution in [3.63, 3.8) is 0 Å². The summed E-state index contributed by atoms with van der Waals surface area (Å²) in [5, 5.41) is 29.9. The molecule has 1 aromatic heterocycles. The molecule has 3 aromatic rings. The molecule has 1 heterocycles. The van der Waals surface area contributed by atoms with Crippen molar-refractivity contribution < 1.29 is 29.3 Å². The van der Waals surface area contributed by atoms with Crippen LogP contribution in [0.3, 0.4) is 0 Å². The molecule has 0 saturated carbocycles. The smallest absolute Gasteiger partial charge is 0.197 e. The molecule has 0 saturated heterocycles. The van der Waals surface area contributed by atoms with Gasteiger partial charge in [-0.15, -0.1) is 0 Å². The van der Waals surface area contributed by atoms with E-state index in [4.69, 9.17) is 14.3 Å². The average molecular weight is 636 g/mol. The molecular weight excluding hydrogens is 614 g/mol. The minimum absolute atomic E-state index is 0.00615. The van der Waals surface area contributed by atoms with Crippen molar-refractivity contribution in [2.45, 2.75) is 32.6 Å². The largest absolute Gasteiger partial charge is 0.506 e. The lowest BCUT2D eigenvalue weighted by Gasteiger charge is -2.08. The molecule has 0 aliphatic rings. The van der Waals surface area contributed by atoms with Crippen LogP contribution in [-0.2, 0) is 6.42 Å². The van der Waals surface area contributed by atoms with Gasteiger partial charge in [0.1, 0.15) is 17.1 Å².